The number of phenols is 1. The van der Waals surface area contributed by atoms with Crippen LogP contribution in [0.1, 0.15) is 15.9 Å². The quantitative estimate of drug-likeness (QED) is 0.522. The topological polar surface area (TPSA) is 109 Å². The lowest BCUT2D eigenvalue weighted by Crippen LogP contribution is -2.38. The number of nitrogens with zero attached hydrogens (tertiary/aromatic N) is 3. The first-order valence-electron chi connectivity index (χ1n) is 9.61. The highest BCUT2D eigenvalue weighted by Crippen LogP contribution is 2.31. The van der Waals surface area contributed by atoms with Crippen molar-refractivity contribution < 1.29 is 9.90 Å². The number of carbonyl (C=O) groups excluding carboxylic acids is 1. The number of benzene rings is 2. The standard InChI is InChI=1S/C22H25N5O4/c1-25(2)20(29)15-11-8-12-16(19(15)28)24-18-17(21(30)26(3)27(4)22(18)31)23-13-14-9-6-5-7-10-14/h5-12,23-24,28H,13H2,1-4H3. The molecule has 0 unspecified atom stereocenters. The summed E-state index contributed by atoms with van der Waals surface area (Å²) in [5.74, 6) is -0.696. The molecule has 0 atom stereocenters. The fraction of sp³-hybridized carbons (Fsp3) is 0.227. The van der Waals surface area contributed by atoms with Gasteiger partial charge in [-0.3, -0.25) is 14.4 Å². The lowest BCUT2D eigenvalue weighted by Gasteiger charge is -2.18. The largest absolute Gasteiger partial charge is 0.505 e. The number of anilines is 3. The Hall–Kier alpha value is -4.01. The molecule has 1 aromatic heterocycles. The molecule has 1 amide bonds. The van der Waals surface area contributed by atoms with Gasteiger partial charge in [-0.2, -0.15) is 0 Å². The Morgan fingerprint density at radius 3 is 2.16 bits per heavy atom. The van der Waals surface area contributed by atoms with Gasteiger partial charge in [0.1, 0.15) is 11.4 Å². The molecule has 31 heavy (non-hydrogen) atoms. The van der Waals surface area contributed by atoms with Crippen molar-refractivity contribution in [2.75, 3.05) is 24.7 Å². The van der Waals surface area contributed by atoms with E-state index < -0.39 is 11.1 Å². The maximum absolute atomic E-state index is 13.0. The molecule has 162 valence electrons. The molecular formula is C22H25N5O4. The molecule has 3 N–H and O–H groups in total. The number of aromatic hydroxyl groups is 1. The van der Waals surface area contributed by atoms with Gasteiger partial charge in [0.2, 0.25) is 0 Å². The van der Waals surface area contributed by atoms with Crippen molar-refractivity contribution in [1.82, 2.24) is 14.3 Å². The third kappa shape index (κ3) is 4.30. The zero-order valence-corrected chi connectivity index (χ0v) is 17.8. The van der Waals surface area contributed by atoms with Gasteiger partial charge in [0.25, 0.3) is 17.0 Å². The zero-order chi connectivity index (χ0) is 22.7. The molecule has 0 radical (unpaired) electrons. The second-order valence-corrected chi connectivity index (χ2v) is 7.27. The first-order valence-corrected chi connectivity index (χ1v) is 9.61. The summed E-state index contributed by atoms with van der Waals surface area (Å²) in [7, 11) is 6.12. The van der Waals surface area contributed by atoms with Gasteiger partial charge in [-0.15, -0.1) is 0 Å². The summed E-state index contributed by atoms with van der Waals surface area (Å²) >= 11 is 0. The molecule has 0 saturated heterocycles. The van der Waals surface area contributed by atoms with Gasteiger partial charge in [0, 0.05) is 34.7 Å². The molecule has 9 nitrogen and oxygen atoms in total. The van der Waals surface area contributed by atoms with Crippen molar-refractivity contribution in [2.45, 2.75) is 6.54 Å². The predicted molar refractivity (Wildman–Crippen MR) is 120 cm³/mol. The third-order valence-electron chi connectivity index (χ3n) is 4.96. The predicted octanol–water partition coefficient (Wildman–Crippen LogP) is 1.85. The van der Waals surface area contributed by atoms with Crippen LogP contribution in [-0.2, 0) is 20.6 Å². The smallest absolute Gasteiger partial charge is 0.290 e. The number of para-hydroxylation sites is 1. The summed E-state index contributed by atoms with van der Waals surface area (Å²) in [6.07, 6.45) is 0. The molecule has 2 aromatic carbocycles. The summed E-state index contributed by atoms with van der Waals surface area (Å²) in [6.45, 7) is 0.322. The summed E-state index contributed by atoms with van der Waals surface area (Å²) in [4.78, 5) is 39.5. The summed E-state index contributed by atoms with van der Waals surface area (Å²) in [6, 6.07) is 14.0. The second-order valence-electron chi connectivity index (χ2n) is 7.27. The Balaban J connectivity index is 2.07. The van der Waals surface area contributed by atoms with E-state index >= 15 is 0 Å². The summed E-state index contributed by atoms with van der Waals surface area (Å²) < 4.78 is 2.37. The molecule has 0 bridgehead atoms. The van der Waals surface area contributed by atoms with E-state index in [0.29, 0.717) is 6.54 Å². The van der Waals surface area contributed by atoms with E-state index in [1.165, 1.54) is 40.5 Å². The molecule has 9 heteroatoms. The number of rotatable bonds is 6. The van der Waals surface area contributed by atoms with Crippen LogP contribution in [0.25, 0.3) is 0 Å². The number of hydrogen-bond acceptors (Lipinski definition) is 6. The lowest BCUT2D eigenvalue weighted by atomic mass is 10.1. The Morgan fingerprint density at radius 2 is 1.55 bits per heavy atom. The van der Waals surface area contributed by atoms with Crippen molar-refractivity contribution >= 4 is 23.0 Å². The van der Waals surface area contributed by atoms with Crippen LogP contribution in [0, 0.1) is 0 Å². The third-order valence-corrected chi connectivity index (χ3v) is 4.96. The zero-order valence-electron chi connectivity index (χ0n) is 17.8. The fourth-order valence-corrected chi connectivity index (χ4v) is 3.07. The minimum atomic E-state index is -0.471. The maximum atomic E-state index is 13.0. The molecule has 3 aromatic rings. The van der Waals surface area contributed by atoms with Gasteiger partial charge < -0.3 is 20.6 Å². The molecular weight excluding hydrogens is 398 g/mol. The molecule has 0 aliphatic rings. The van der Waals surface area contributed by atoms with Crippen LogP contribution in [0.15, 0.2) is 58.1 Å². The van der Waals surface area contributed by atoms with Crippen molar-refractivity contribution in [3.8, 4) is 5.75 Å². The van der Waals surface area contributed by atoms with E-state index in [1.54, 1.807) is 20.2 Å². The minimum Gasteiger partial charge on any atom is -0.505 e. The van der Waals surface area contributed by atoms with Gasteiger partial charge in [-0.1, -0.05) is 36.4 Å². The second kappa shape index (κ2) is 8.78. The van der Waals surface area contributed by atoms with Crippen LogP contribution in [0.3, 0.4) is 0 Å². The van der Waals surface area contributed by atoms with Crippen molar-refractivity contribution in [3.05, 3.63) is 80.4 Å². The Kier molecular flexibility index (Phi) is 6.15. The number of hydrogen-bond donors (Lipinski definition) is 3. The van der Waals surface area contributed by atoms with Crippen LogP contribution >= 0.6 is 0 Å². The van der Waals surface area contributed by atoms with Gasteiger partial charge >= 0.3 is 0 Å². The average molecular weight is 423 g/mol. The monoisotopic (exact) mass is 423 g/mol. The minimum absolute atomic E-state index is 0.0220. The van der Waals surface area contributed by atoms with E-state index in [0.717, 1.165) is 5.56 Å². The first-order chi connectivity index (χ1) is 14.7. The highest BCUT2D eigenvalue weighted by molar-refractivity contribution is 5.98. The first kappa shape index (κ1) is 21.7. The van der Waals surface area contributed by atoms with E-state index in [-0.39, 0.29) is 34.3 Å². The normalized spacial score (nSPS) is 10.6. The number of amides is 1. The van der Waals surface area contributed by atoms with Crippen molar-refractivity contribution in [2.24, 2.45) is 14.1 Å². The van der Waals surface area contributed by atoms with E-state index in [9.17, 15) is 19.5 Å². The van der Waals surface area contributed by atoms with Crippen molar-refractivity contribution in [1.29, 1.82) is 0 Å². The average Bonchev–Trinajstić information content (AvgIpc) is 2.77. The van der Waals surface area contributed by atoms with Crippen LogP contribution < -0.4 is 21.8 Å². The Bertz CT molecular complexity index is 1230. The molecule has 3 rings (SSSR count). The van der Waals surface area contributed by atoms with Crippen LogP contribution in [0.2, 0.25) is 0 Å². The van der Waals surface area contributed by atoms with Gasteiger partial charge in [0.05, 0.1) is 11.3 Å². The molecule has 0 spiro atoms. The number of phenolic OH excluding ortho intramolecular Hbond substituents is 1. The number of carbonyl (C=O) groups is 1. The lowest BCUT2D eigenvalue weighted by molar-refractivity contribution is 0.0824. The molecule has 0 aliphatic carbocycles. The van der Waals surface area contributed by atoms with Crippen molar-refractivity contribution in [3.63, 3.8) is 0 Å². The Labute approximate surface area is 179 Å². The van der Waals surface area contributed by atoms with Crippen LogP contribution in [-0.4, -0.2) is 39.4 Å². The van der Waals surface area contributed by atoms with Crippen LogP contribution in [0.5, 0.6) is 5.75 Å². The van der Waals surface area contributed by atoms with Crippen LogP contribution in [0.4, 0.5) is 17.1 Å². The SMILES string of the molecule is CN(C)C(=O)c1cccc(Nc2c(NCc3ccccc3)c(=O)n(C)n(C)c2=O)c1O. The molecule has 1 heterocycles. The van der Waals surface area contributed by atoms with Gasteiger partial charge in [-0.05, 0) is 17.7 Å². The number of aromatic nitrogens is 2. The molecule has 0 aliphatic heterocycles. The Morgan fingerprint density at radius 1 is 0.935 bits per heavy atom. The van der Waals surface area contributed by atoms with E-state index in [2.05, 4.69) is 10.6 Å². The highest BCUT2D eigenvalue weighted by Gasteiger charge is 2.20. The van der Waals surface area contributed by atoms with E-state index in [4.69, 9.17) is 0 Å². The van der Waals surface area contributed by atoms with Gasteiger partial charge in [0.15, 0.2) is 5.75 Å². The fourth-order valence-electron chi connectivity index (χ4n) is 3.07. The molecule has 0 fully saturated rings. The van der Waals surface area contributed by atoms with Gasteiger partial charge in [-0.25, -0.2) is 9.36 Å². The summed E-state index contributed by atoms with van der Waals surface area (Å²) in [5, 5.41) is 16.5. The molecule has 0 saturated carbocycles. The van der Waals surface area contributed by atoms with E-state index in [1.807, 2.05) is 30.3 Å². The highest BCUT2D eigenvalue weighted by atomic mass is 16.3. The number of nitrogens with one attached hydrogen (secondary N) is 2. The maximum Gasteiger partial charge on any atom is 0.290 e. The summed E-state index contributed by atoms with van der Waals surface area (Å²) in [5.41, 5.74) is 0.305.